The summed E-state index contributed by atoms with van der Waals surface area (Å²) >= 11 is 0. The molecule has 28 heavy (non-hydrogen) atoms. The Labute approximate surface area is 162 Å². The molecular formula is C19H24FNO7. The van der Waals surface area contributed by atoms with E-state index in [0.29, 0.717) is 5.75 Å². The van der Waals surface area contributed by atoms with Crippen LogP contribution < -0.4 is 4.74 Å². The maximum Gasteiger partial charge on any atom is 0.413 e. The van der Waals surface area contributed by atoms with E-state index >= 15 is 0 Å². The molecule has 0 radical (unpaired) electrons. The number of carbonyl (C=O) groups is 3. The summed E-state index contributed by atoms with van der Waals surface area (Å²) in [7, 11) is 0. The number of rotatable bonds is 7. The van der Waals surface area contributed by atoms with Crippen LogP contribution in [0.3, 0.4) is 0 Å². The van der Waals surface area contributed by atoms with Gasteiger partial charge < -0.3 is 19.3 Å². The van der Waals surface area contributed by atoms with Crippen LogP contribution in [0.25, 0.3) is 0 Å². The van der Waals surface area contributed by atoms with E-state index < -0.39 is 36.2 Å². The summed E-state index contributed by atoms with van der Waals surface area (Å²) in [5, 5.41) is 9.44. The van der Waals surface area contributed by atoms with Gasteiger partial charge in [0.1, 0.15) is 17.6 Å². The number of ether oxygens (including phenoxy) is 3. The van der Waals surface area contributed by atoms with Crippen molar-refractivity contribution in [2.24, 2.45) is 11.8 Å². The van der Waals surface area contributed by atoms with Crippen LogP contribution in [-0.2, 0) is 19.1 Å². The number of hydrogen-bond acceptors (Lipinski definition) is 6. The normalized spacial score (nSPS) is 20.0. The number of carboxylic acid groups (broad SMARTS) is 1. The standard InChI is InChI=1S/C19H24FNO7/c1-11(2)18(27-12(3)22)28-19(25)21-9-13(7-16(21)17(23)24)10-26-15-6-4-5-14(20)8-15/h4-6,8,11,13,16,18H,7,9-10H2,1-3H3,(H,23,24)/t13-,16-,18+/m0/s1. The Morgan fingerprint density at radius 2 is 2.00 bits per heavy atom. The molecule has 0 bridgehead atoms. The van der Waals surface area contributed by atoms with Gasteiger partial charge in [-0.15, -0.1) is 0 Å². The lowest BCUT2D eigenvalue weighted by molar-refractivity contribution is -0.174. The molecule has 2 rings (SSSR count). The third-order valence-corrected chi connectivity index (χ3v) is 4.23. The topological polar surface area (TPSA) is 102 Å². The highest BCUT2D eigenvalue weighted by molar-refractivity contribution is 5.81. The van der Waals surface area contributed by atoms with Gasteiger partial charge in [-0.25, -0.2) is 14.0 Å². The van der Waals surface area contributed by atoms with Gasteiger partial charge >= 0.3 is 18.0 Å². The molecule has 1 N–H and O–H groups in total. The minimum Gasteiger partial charge on any atom is -0.493 e. The fourth-order valence-electron chi connectivity index (χ4n) is 2.88. The minimum atomic E-state index is -1.17. The number of likely N-dealkylation sites (tertiary alicyclic amines) is 1. The number of halogens is 1. The molecule has 1 aliphatic rings. The summed E-state index contributed by atoms with van der Waals surface area (Å²) in [6.45, 7) is 4.81. The monoisotopic (exact) mass is 397 g/mol. The predicted molar refractivity (Wildman–Crippen MR) is 95.0 cm³/mol. The molecule has 154 valence electrons. The van der Waals surface area contributed by atoms with Crippen LogP contribution in [0.2, 0.25) is 0 Å². The predicted octanol–water partition coefficient (Wildman–Crippen LogP) is 2.66. The zero-order chi connectivity index (χ0) is 20.8. The third kappa shape index (κ3) is 5.83. The van der Waals surface area contributed by atoms with Crippen molar-refractivity contribution in [1.82, 2.24) is 4.90 Å². The lowest BCUT2D eigenvalue weighted by atomic mass is 10.1. The number of amides is 1. The van der Waals surface area contributed by atoms with Crippen LogP contribution in [0.4, 0.5) is 9.18 Å². The Hall–Kier alpha value is -2.84. The van der Waals surface area contributed by atoms with Crippen molar-refractivity contribution in [3.8, 4) is 5.75 Å². The SMILES string of the molecule is CC(=O)O[C@H](OC(=O)N1C[C@@H](COc2cccc(F)c2)C[C@H]1C(=O)O)C(C)C. The smallest absolute Gasteiger partial charge is 0.413 e. The average Bonchev–Trinajstić information content (AvgIpc) is 3.04. The minimum absolute atomic E-state index is 0.0933. The van der Waals surface area contributed by atoms with Crippen molar-refractivity contribution in [1.29, 1.82) is 0 Å². The average molecular weight is 397 g/mol. The van der Waals surface area contributed by atoms with E-state index in [9.17, 15) is 23.9 Å². The molecular weight excluding hydrogens is 373 g/mol. The molecule has 0 spiro atoms. The highest BCUT2D eigenvalue weighted by Gasteiger charge is 2.42. The van der Waals surface area contributed by atoms with Crippen molar-refractivity contribution in [3.05, 3.63) is 30.1 Å². The van der Waals surface area contributed by atoms with Crippen molar-refractivity contribution >= 4 is 18.0 Å². The van der Waals surface area contributed by atoms with E-state index in [1.54, 1.807) is 19.9 Å². The number of aliphatic carboxylic acids is 1. The van der Waals surface area contributed by atoms with Crippen LogP contribution in [0, 0.1) is 17.7 Å². The number of carbonyl (C=O) groups excluding carboxylic acids is 2. The molecule has 1 saturated heterocycles. The van der Waals surface area contributed by atoms with E-state index in [1.807, 2.05) is 0 Å². The number of esters is 1. The summed E-state index contributed by atoms with van der Waals surface area (Å²) < 4.78 is 28.9. The first kappa shape index (κ1) is 21.5. The van der Waals surface area contributed by atoms with Gasteiger partial charge in [-0.2, -0.15) is 0 Å². The van der Waals surface area contributed by atoms with Crippen LogP contribution >= 0.6 is 0 Å². The fraction of sp³-hybridized carbons (Fsp3) is 0.526. The van der Waals surface area contributed by atoms with Crippen LogP contribution in [-0.4, -0.2) is 53.5 Å². The Kier molecular flexibility index (Phi) is 7.19. The highest BCUT2D eigenvalue weighted by atomic mass is 19.1. The summed E-state index contributed by atoms with van der Waals surface area (Å²) in [6, 6.07) is 4.52. The maximum atomic E-state index is 13.2. The van der Waals surface area contributed by atoms with E-state index in [-0.39, 0.29) is 31.4 Å². The van der Waals surface area contributed by atoms with Gasteiger partial charge in [0.15, 0.2) is 0 Å². The van der Waals surface area contributed by atoms with Gasteiger partial charge in [-0.05, 0) is 18.6 Å². The Bertz CT molecular complexity index is 724. The molecule has 1 fully saturated rings. The van der Waals surface area contributed by atoms with E-state index in [0.717, 1.165) is 4.90 Å². The molecule has 0 aliphatic carbocycles. The van der Waals surface area contributed by atoms with E-state index in [2.05, 4.69) is 0 Å². The van der Waals surface area contributed by atoms with Gasteiger partial charge in [0.05, 0.1) is 6.61 Å². The van der Waals surface area contributed by atoms with Crippen molar-refractivity contribution < 1.29 is 38.1 Å². The molecule has 1 aliphatic heterocycles. The first-order valence-corrected chi connectivity index (χ1v) is 8.93. The zero-order valence-electron chi connectivity index (χ0n) is 16.0. The first-order valence-electron chi connectivity index (χ1n) is 8.93. The van der Waals surface area contributed by atoms with E-state index in [4.69, 9.17) is 14.2 Å². The molecule has 1 aromatic carbocycles. The molecule has 1 amide bonds. The Morgan fingerprint density at radius 1 is 1.29 bits per heavy atom. The highest BCUT2D eigenvalue weighted by Crippen LogP contribution is 2.26. The van der Waals surface area contributed by atoms with Crippen LogP contribution in [0.5, 0.6) is 5.75 Å². The second-order valence-corrected chi connectivity index (χ2v) is 6.98. The summed E-state index contributed by atoms with van der Waals surface area (Å²) in [5.41, 5.74) is 0. The van der Waals surface area contributed by atoms with Gasteiger partial charge in [-0.1, -0.05) is 19.9 Å². The summed E-state index contributed by atoms with van der Waals surface area (Å²) in [4.78, 5) is 36.3. The number of benzene rings is 1. The molecule has 1 aromatic rings. The van der Waals surface area contributed by atoms with Gasteiger partial charge in [0.25, 0.3) is 6.29 Å². The lowest BCUT2D eigenvalue weighted by Crippen LogP contribution is -2.43. The molecule has 0 aromatic heterocycles. The molecule has 9 heteroatoms. The fourth-order valence-corrected chi connectivity index (χ4v) is 2.88. The molecule has 3 atom stereocenters. The largest absolute Gasteiger partial charge is 0.493 e. The van der Waals surface area contributed by atoms with Gasteiger partial charge in [0.2, 0.25) is 0 Å². The van der Waals surface area contributed by atoms with Crippen LogP contribution in [0.1, 0.15) is 27.2 Å². The first-order chi connectivity index (χ1) is 13.2. The number of hydrogen-bond donors (Lipinski definition) is 1. The molecule has 0 saturated carbocycles. The lowest BCUT2D eigenvalue weighted by Gasteiger charge is -2.26. The quantitative estimate of drug-likeness (QED) is 0.557. The van der Waals surface area contributed by atoms with Crippen molar-refractivity contribution in [2.45, 2.75) is 39.5 Å². The van der Waals surface area contributed by atoms with Crippen molar-refractivity contribution in [3.63, 3.8) is 0 Å². The van der Waals surface area contributed by atoms with Gasteiger partial charge in [0, 0.05) is 31.4 Å². The Balaban J connectivity index is 2.00. The summed E-state index contributed by atoms with van der Waals surface area (Å²) in [6.07, 6.45) is -1.82. The zero-order valence-corrected chi connectivity index (χ0v) is 16.0. The second kappa shape index (κ2) is 9.38. The Morgan fingerprint density at radius 3 is 2.57 bits per heavy atom. The van der Waals surface area contributed by atoms with E-state index in [1.165, 1.54) is 25.1 Å². The second-order valence-electron chi connectivity index (χ2n) is 6.98. The molecule has 0 unspecified atom stereocenters. The maximum absolute atomic E-state index is 13.2. The summed E-state index contributed by atoms with van der Waals surface area (Å²) in [5.74, 6) is -2.47. The van der Waals surface area contributed by atoms with Gasteiger partial charge in [-0.3, -0.25) is 9.69 Å². The van der Waals surface area contributed by atoms with Crippen LogP contribution in [0.15, 0.2) is 24.3 Å². The third-order valence-electron chi connectivity index (χ3n) is 4.23. The van der Waals surface area contributed by atoms with Crippen molar-refractivity contribution in [2.75, 3.05) is 13.2 Å². The number of nitrogens with zero attached hydrogens (tertiary/aromatic N) is 1. The number of carboxylic acids is 1. The molecule has 8 nitrogen and oxygen atoms in total. The molecule has 1 heterocycles.